The Hall–Kier alpha value is -2.55. The summed E-state index contributed by atoms with van der Waals surface area (Å²) >= 11 is 0. The molecule has 0 aliphatic carbocycles. The minimum atomic E-state index is 1.01. The molecule has 2 aromatic carbocycles. The summed E-state index contributed by atoms with van der Waals surface area (Å²) in [5.41, 5.74) is 4.37. The number of para-hydroxylation sites is 1. The van der Waals surface area contributed by atoms with Crippen LogP contribution in [-0.4, -0.2) is 15.2 Å². The fourth-order valence-corrected chi connectivity index (χ4v) is 2.38. The molecule has 0 amide bonds. The van der Waals surface area contributed by atoms with Gasteiger partial charge in [-0.25, -0.2) is 0 Å². The van der Waals surface area contributed by atoms with Crippen LogP contribution >= 0.6 is 0 Å². The molecule has 0 atom stereocenters. The molecule has 0 unspecified atom stereocenters. The molecule has 0 aliphatic heterocycles. The molecular formula is C15H11N3. The summed E-state index contributed by atoms with van der Waals surface area (Å²) < 4.78 is 0. The minimum Gasteiger partial charge on any atom is -0.361 e. The average Bonchev–Trinajstić information content (AvgIpc) is 3.04. The highest BCUT2D eigenvalue weighted by Crippen LogP contribution is 2.28. The molecule has 0 spiro atoms. The summed E-state index contributed by atoms with van der Waals surface area (Å²) in [7, 11) is 0. The van der Waals surface area contributed by atoms with Crippen LogP contribution in [0.15, 0.2) is 54.7 Å². The predicted molar refractivity (Wildman–Crippen MR) is 73.4 cm³/mol. The van der Waals surface area contributed by atoms with Gasteiger partial charge < -0.3 is 4.98 Å². The van der Waals surface area contributed by atoms with Gasteiger partial charge in [0.2, 0.25) is 0 Å². The Morgan fingerprint density at radius 1 is 0.889 bits per heavy atom. The van der Waals surface area contributed by atoms with Gasteiger partial charge in [-0.15, -0.1) is 0 Å². The van der Waals surface area contributed by atoms with E-state index in [0.29, 0.717) is 0 Å². The maximum absolute atomic E-state index is 4.42. The summed E-state index contributed by atoms with van der Waals surface area (Å²) in [6, 6.07) is 16.6. The quantitative estimate of drug-likeness (QED) is 0.517. The van der Waals surface area contributed by atoms with E-state index in [4.69, 9.17) is 0 Å². The van der Waals surface area contributed by atoms with E-state index in [1.54, 1.807) is 0 Å². The van der Waals surface area contributed by atoms with Crippen molar-refractivity contribution in [1.82, 2.24) is 15.2 Å². The Bertz CT molecular complexity index is 839. The smallest absolute Gasteiger partial charge is 0.0999 e. The van der Waals surface area contributed by atoms with Gasteiger partial charge in [0, 0.05) is 28.0 Å². The first-order valence-corrected chi connectivity index (χ1v) is 5.92. The summed E-state index contributed by atoms with van der Waals surface area (Å²) in [6.07, 6.45) is 1.96. The Balaban J connectivity index is 2.00. The van der Waals surface area contributed by atoms with Gasteiger partial charge in [-0.1, -0.05) is 24.3 Å². The van der Waals surface area contributed by atoms with Gasteiger partial charge in [-0.3, -0.25) is 5.10 Å². The number of benzene rings is 2. The first-order chi connectivity index (χ1) is 8.92. The summed E-state index contributed by atoms with van der Waals surface area (Å²) in [4.78, 5) is 3.20. The summed E-state index contributed by atoms with van der Waals surface area (Å²) in [5, 5.41) is 9.86. The van der Waals surface area contributed by atoms with Gasteiger partial charge in [-0.05, 0) is 24.3 Å². The lowest BCUT2D eigenvalue weighted by atomic mass is 10.1. The average molecular weight is 233 g/mol. The third kappa shape index (κ3) is 1.27. The van der Waals surface area contributed by atoms with E-state index in [9.17, 15) is 0 Å². The van der Waals surface area contributed by atoms with Crippen LogP contribution in [0.4, 0.5) is 0 Å². The van der Waals surface area contributed by atoms with Gasteiger partial charge in [0.25, 0.3) is 0 Å². The zero-order chi connectivity index (χ0) is 11.9. The molecule has 4 aromatic rings. The largest absolute Gasteiger partial charge is 0.361 e. The van der Waals surface area contributed by atoms with Crippen molar-refractivity contribution in [2.45, 2.75) is 0 Å². The van der Waals surface area contributed by atoms with E-state index in [2.05, 4.69) is 45.5 Å². The maximum atomic E-state index is 4.42. The maximum Gasteiger partial charge on any atom is 0.0999 e. The predicted octanol–water partition coefficient (Wildman–Crippen LogP) is 3.71. The van der Waals surface area contributed by atoms with Crippen LogP contribution in [0.3, 0.4) is 0 Å². The van der Waals surface area contributed by atoms with Crippen molar-refractivity contribution in [3.05, 3.63) is 54.7 Å². The van der Waals surface area contributed by atoms with E-state index < -0.39 is 0 Å². The number of rotatable bonds is 1. The van der Waals surface area contributed by atoms with Gasteiger partial charge in [0.05, 0.1) is 11.2 Å². The number of hydrogen-bond donors (Lipinski definition) is 2. The normalized spacial score (nSPS) is 11.3. The van der Waals surface area contributed by atoms with Crippen molar-refractivity contribution in [2.24, 2.45) is 0 Å². The van der Waals surface area contributed by atoms with E-state index in [0.717, 1.165) is 27.7 Å². The highest BCUT2D eigenvalue weighted by atomic mass is 15.1. The third-order valence-corrected chi connectivity index (χ3v) is 3.30. The molecule has 2 heterocycles. The molecular weight excluding hydrogens is 222 g/mol. The van der Waals surface area contributed by atoms with Crippen molar-refractivity contribution < 1.29 is 0 Å². The topological polar surface area (TPSA) is 44.5 Å². The second-order valence-electron chi connectivity index (χ2n) is 4.40. The zero-order valence-electron chi connectivity index (χ0n) is 9.64. The molecule has 0 radical (unpaired) electrons. The molecule has 3 nitrogen and oxygen atoms in total. The third-order valence-electron chi connectivity index (χ3n) is 3.30. The van der Waals surface area contributed by atoms with Crippen molar-refractivity contribution in [1.29, 1.82) is 0 Å². The van der Waals surface area contributed by atoms with Crippen LogP contribution in [-0.2, 0) is 0 Å². The lowest BCUT2D eigenvalue weighted by molar-refractivity contribution is 1.12. The molecule has 4 rings (SSSR count). The molecule has 2 N–H and O–H groups in total. The molecule has 0 saturated carbocycles. The fourth-order valence-electron chi connectivity index (χ4n) is 2.38. The number of nitrogens with one attached hydrogen (secondary N) is 2. The molecule has 0 bridgehead atoms. The zero-order valence-corrected chi connectivity index (χ0v) is 9.64. The van der Waals surface area contributed by atoms with Crippen LogP contribution in [0.1, 0.15) is 0 Å². The second kappa shape index (κ2) is 3.47. The van der Waals surface area contributed by atoms with Crippen LogP contribution in [0.25, 0.3) is 33.1 Å². The monoisotopic (exact) mass is 233 g/mol. The summed E-state index contributed by atoms with van der Waals surface area (Å²) in [5.74, 6) is 0. The molecule has 0 fully saturated rings. The van der Waals surface area contributed by atoms with Gasteiger partial charge in [0.1, 0.15) is 0 Å². The molecule has 0 aliphatic rings. The SMILES string of the molecule is c1ccc2c(-c3ccc4[nH]ccc4c3)n[nH]c2c1. The van der Waals surface area contributed by atoms with Crippen LogP contribution in [0.2, 0.25) is 0 Å². The summed E-state index contributed by atoms with van der Waals surface area (Å²) in [6.45, 7) is 0. The van der Waals surface area contributed by atoms with Gasteiger partial charge in [0.15, 0.2) is 0 Å². The standard InChI is InChI=1S/C15H11N3/c1-2-4-14-12(3-1)15(18-17-14)11-5-6-13-10(9-11)7-8-16-13/h1-9,16H,(H,17,18). The fraction of sp³-hybridized carbons (Fsp3) is 0. The number of H-pyrrole nitrogens is 2. The van der Waals surface area contributed by atoms with Crippen LogP contribution < -0.4 is 0 Å². The Kier molecular flexibility index (Phi) is 1.83. The van der Waals surface area contributed by atoms with Crippen molar-refractivity contribution in [3.63, 3.8) is 0 Å². The van der Waals surface area contributed by atoms with E-state index in [1.807, 2.05) is 24.4 Å². The van der Waals surface area contributed by atoms with E-state index in [1.165, 1.54) is 5.39 Å². The van der Waals surface area contributed by atoms with E-state index >= 15 is 0 Å². The van der Waals surface area contributed by atoms with Crippen molar-refractivity contribution in [2.75, 3.05) is 0 Å². The highest BCUT2D eigenvalue weighted by molar-refractivity contribution is 5.95. The second-order valence-corrected chi connectivity index (χ2v) is 4.40. The Labute approximate surface area is 103 Å². The molecule has 0 saturated heterocycles. The minimum absolute atomic E-state index is 1.01. The van der Waals surface area contributed by atoms with Crippen molar-refractivity contribution in [3.8, 4) is 11.3 Å². The lowest BCUT2D eigenvalue weighted by Gasteiger charge is -1.98. The number of nitrogens with zero attached hydrogens (tertiary/aromatic N) is 1. The highest BCUT2D eigenvalue weighted by Gasteiger charge is 2.07. The first-order valence-electron chi connectivity index (χ1n) is 5.92. The molecule has 2 aromatic heterocycles. The lowest BCUT2D eigenvalue weighted by Crippen LogP contribution is -1.78. The van der Waals surface area contributed by atoms with E-state index in [-0.39, 0.29) is 0 Å². The molecule has 3 heteroatoms. The van der Waals surface area contributed by atoms with Crippen LogP contribution in [0, 0.1) is 0 Å². The molecule has 18 heavy (non-hydrogen) atoms. The number of hydrogen-bond acceptors (Lipinski definition) is 1. The van der Waals surface area contributed by atoms with Gasteiger partial charge >= 0.3 is 0 Å². The number of aromatic nitrogens is 3. The molecule has 86 valence electrons. The van der Waals surface area contributed by atoms with Gasteiger partial charge in [-0.2, -0.15) is 5.10 Å². The van der Waals surface area contributed by atoms with Crippen LogP contribution in [0.5, 0.6) is 0 Å². The Morgan fingerprint density at radius 3 is 2.83 bits per heavy atom. The Morgan fingerprint density at radius 2 is 1.83 bits per heavy atom. The number of fused-ring (bicyclic) bond motifs is 2. The first kappa shape index (κ1) is 9.48. The van der Waals surface area contributed by atoms with Crippen molar-refractivity contribution >= 4 is 21.8 Å². The number of aromatic amines is 2.